The summed E-state index contributed by atoms with van der Waals surface area (Å²) in [6.45, 7) is 3.99. The van der Waals surface area contributed by atoms with Crippen LogP contribution in [-0.4, -0.2) is 11.7 Å². The molecule has 0 aliphatic rings. The minimum Gasteiger partial charge on any atom is -0.457 e. The number of alkyl halides is 1. The summed E-state index contributed by atoms with van der Waals surface area (Å²) in [4.78, 5) is 4.21. The van der Waals surface area contributed by atoms with Crippen molar-refractivity contribution in [2.45, 2.75) is 13.8 Å². The van der Waals surface area contributed by atoms with E-state index in [0.29, 0.717) is 5.84 Å². The Hall–Kier alpha value is -2.00. The van der Waals surface area contributed by atoms with Gasteiger partial charge in [-0.1, -0.05) is 18.2 Å². The summed E-state index contributed by atoms with van der Waals surface area (Å²) in [5.41, 5.74) is 8.49. The van der Waals surface area contributed by atoms with Crippen molar-refractivity contribution >= 4 is 23.1 Å². The highest BCUT2D eigenvalue weighted by molar-refractivity contribution is 6.28. The second kappa shape index (κ2) is 6.44. The van der Waals surface area contributed by atoms with E-state index in [-0.39, 0.29) is 5.88 Å². The van der Waals surface area contributed by atoms with Crippen LogP contribution in [0.5, 0.6) is 11.5 Å². The smallest absolute Gasteiger partial charge is 0.130 e. The number of aliphatic imine (C=N–C) groups is 1. The van der Waals surface area contributed by atoms with Crippen molar-refractivity contribution in [1.82, 2.24) is 0 Å². The summed E-state index contributed by atoms with van der Waals surface area (Å²) in [6.07, 6.45) is 0. The molecule has 2 N–H and O–H groups in total. The number of rotatable bonds is 4. The predicted molar refractivity (Wildman–Crippen MR) is 84.4 cm³/mol. The van der Waals surface area contributed by atoms with E-state index in [2.05, 4.69) is 4.99 Å². The van der Waals surface area contributed by atoms with Crippen molar-refractivity contribution < 1.29 is 4.74 Å². The lowest BCUT2D eigenvalue weighted by molar-refractivity contribution is 0.475. The summed E-state index contributed by atoms with van der Waals surface area (Å²) in [5, 5.41) is 0. The molecule has 0 aliphatic heterocycles. The highest BCUT2D eigenvalue weighted by atomic mass is 35.5. The zero-order valence-corrected chi connectivity index (χ0v) is 12.3. The molecule has 3 nitrogen and oxygen atoms in total. The number of hydrogen-bond acceptors (Lipinski definition) is 2. The molecule has 0 saturated carbocycles. The lowest BCUT2D eigenvalue weighted by Crippen LogP contribution is -2.12. The molecule has 0 radical (unpaired) electrons. The maximum absolute atomic E-state index is 5.92. The fourth-order valence-electron chi connectivity index (χ4n) is 1.80. The summed E-state index contributed by atoms with van der Waals surface area (Å²) in [5.74, 6) is 2.29. The van der Waals surface area contributed by atoms with Gasteiger partial charge in [0.15, 0.2) is 0 Å². The molecule has 0 aliphatic carbocycles. The van der Waals surface area contributed by atoms with E-state index in [4.69, 9.17) is 22.1 Å². The van der Waals surface area contributed by atoms with Crippen molar-refractivity contribution in [1.29, 1.82) is 0 Å². The van der Waals surface area contributed by atoms with Crippen LogP contribution in [0, 0.1) is 13.8 Å². The Morgan fingerprint density at radius 2 is 1.80 bits per heavy atom. The molecule has 0 atom stereocenters. The van der Waals surface area contributed by atoms with Crippen LogP contribution in [0.3, 0.4) is 0 Å². The molecule has 4 heteroatoms. The van der Waals surface area contributed by atoms with Gasteiger partial charge < -0.3 is 10.5 Å². The van der Waals surface area contributed by atoms with Gasteiger partial charge in [0.2, 0.25) is 0 Å². The van der Waals surface area contributed by atoms with Crippen LogP contribution >= 0.6 is 11.6 Å². The van der Waals surface area contributed by atoms with Crippen molar-refractivity contribution in [3.8, 4) is 11.5 Å². The molecular weight excluding hydrogens is 272 g/mol. The molecular formula is C16H17ClN2O. The topological polar surface area (TPSA) is 47.6 Å². The van der Waals surface area contributed by atoms with E-state index >= 15 is 0 Å². The van der Waals surface area contributed by atoms with Gasteiger partial charge in [-0.2, -0.15) is 0 Å². The average molecular weight is 289 g/mol. The number of aryl methyl sites for hydroxylation is 2. The monoisotopic (exact) mass is 288 g/mol. The molecule has 0 saturated heterocycles. The second-order valence-electron chi connectivity index (χ2n) is 4.55. The van der Waals surface area contributed by atoms with Crippen LogP contribution in [0.4, 0.5) is 5.69 Å². The first-order valence-corrected chi connectivity index (χ1v) is 6.86. The Balaban J connectivity index is 2.25. The Morgan fingerprint density at radius 1 is 1.10 bits per heavy atom. The molecule has 20 heavy (non-hydrogen) atoms. The molecule has 0 spiro atoms. The second-order valence-corrected chi connectivity index (χ2v) is 4.82. The van der Waals surface area contributed by atoms with Gasteiger partial charge in [0.1, 0.15) is 17.3 Å². The van der Waals surface area contributed by atoms with Crippen molar-refractivity contribution in [3.05, 3.63) is 53.6 Å². The third-order valence-electron chi connectivity index (χ3n) is 2.88. The number of nitrogens with zero attached hydrogens (tertiary/aromatic N) is 1. The molecule has 0 bridgehead atoms. The van der Waals surface area contributed by atoms with E-state index in [9.17, 15) is 0 Å². The van der Waals surface area contributed by atoms with E-state index < -0.39 is 0 Å². The van der Waals surface area contributed by atoms with Gasteiger partial charge in [0.05, 0.1) is 11.6 Å². The Labute approximate surface area is 124 Å². The summed E-state index contributed by atoms with van der Waals surface area (Å²) in [6, 6.07) is 13.6. The number of hydrogen-bond donors (Lipinski definition) is 1. The molecule has 0 unspecified atom stereocenters. The van der Waals surface area contributed by atoms with E-state index in [1.807, 2.05) is 56.3 Å². The first-order valence-electron chi connectivity index (χ1n) is 6.33. The van der Waals surface area contributed by atoms with E-state index in [1.54, 1.807) is 0 Å². The van der Waals surface area contributed by atoms with Gasteiger partial charge in [0.25, 0.3) is 0 Å². The van der Waals surface area contributed by atoms with Crippen LogP contribution in [0.2, 0.25) is 0 Å². The van der Waals surface area contributed by atoms with Gasteiger partial charge in [-0.05, 0) is 49.2 Å². The summed E-state index contributed by atoms with van der Waals surface area (Å²) < 4.78 is 5.92. The Morgan fingerprint density at radius 3 is 2.45 bits per heavy atom. The van der Waals surface area contributed by atoms with Crippen LogP contribution in [0.1, 0.15) is 11.1 Å². The summed E-state index contributed by atoms with van der Waals surface area (Å²) >= 11 is 5.62. The molecule has 0 amide bonds. The maximum atomic E-state index is 5.92. The number of ether oxygens (including phenoxy) is 1. The Bertz CT molecular complexity index is 638. The van der Waals surface area contributed by atoms with Crippen LogP contribution in [0.25, 0.3) is 0 Å². The highest BCUT2D eigenvalue weighted by Gasteiger charge is 2.04. The van der Waals surface area contributed by atoms with Gasteiger partial charge in [-0.25, -0.2) is 4.99 Å². The molecule has 0 fully saturated rings. The Kier molecular flexibility index (Phi) is 4.64. The zero-order chi connectivity index (χ0) is 14.5. The quantitative estimate of drug-likeness (QED) is 0.517. The molecule has 2 aromatic rings. The number of benzene rings is 2. The SMILES string of the molecule is Cc1ccccc1Oc1ccc(N=C(N)CCl)cc1C. The van der Waals surface area contributed by atoms with Crippen LogP contribution in [0.15, 0.2) is 47.5 Å². The first kappa shape index (κ1) is 14.4. The van der Waals surface area contributed by atoms with E-state index in [0.717, 1.165) is 28.3 Å². The third kappa shape index (κ3) is 3.52. The number of nitrogens with two attached hydrogens (primary N) is 1. The standard InChI is InChI=1S/C16H17ClN2O/c1-11-5-3-4-6-14(11)20-15-8-7-13(9-12(15)2)19-16(18)10-17/h3-9H,10H2,1-2H3,(H2,18,19). The zero-order valence-electron chi connectivity index (χ0n) is 11.6. The fraction of sp³-hybridized carbons (Fsp3) is 0.188. The minimum atomic E-state index is 0.223. The lowest BCUT2D eigenvalue weighted by atomic mass is 10.2. The molecule has 0 aromatic heterocycles. The lowest BCUT2D eigenvalue weighted by Gasteiger charge is -2.11. The van der Waals surface area contributed by atoms with Gasteiger partial charge in [-0.15, -0.1) is 11.6 Å². The van der Waals surface area contributed by atoms with Crippen LogP contribution in [-0.2, 0) is 0 Å². The minimum absolute atomic E-state index is 0.223. The predicted octanol–water partition coefficient (Wildman–Crippen LogP) is 4.32. The number of para-hydroxylation sites is 1. The van der Waals surface area contributed by atoms with Gasteiger partial charge in [-0.3, -0.25) is 0 Å². The normalized spacial score (nSPS) is 11.4. The van der Waals surface area contributed by atoms with Gasteiger partial charge in [0, 0.05) is 0 Å². The molecule has 0 heterocycles. The number of halogens is 1. The van der Waals surface area contributed by atoms with Gasteiger partial charge >= 0.3 is 0 Å². The average Bonchev–Trinajstić information content (AvgIpc) is 2.44. The van der Waals surface area contributed by atoms with E-state index in [1.165, 1.54) is 0 Å². The maximum Gasteiger partial charge on any atom is 0.130 e. The van der Waals surface area contributed by atoms with Crippen LogP contribution < -0.4 is 10.5 Å². The number of amidine groups is 1. The first-order chi connectivity index (χ1) is 9.60. The van der Waals surface area contributed by atoms with Crippen molar-refractivity contribution in [3.63, 3.8) is 0 Å². The third-order valence-corrected chi connectivity index (χ3v) is 3.16. The fourth-order valence-corrected chi connectivity index (χ4v) is 1.86. The van der Waals surface area contributed by atoms with Crippen molar-refractivity contribution in [2.24, 2.45) is 10.7 Å². The molecule has 2 rings (SSSR count). The highest BCUT2D eigenvalue weighted by Crippen LogP contribution is 2.29. The molecule has 2 aromatic carbocycles. The molecule has 104 valence electrons. The summed E-state index contributed by atoms with van der Waals surface area (Å²) in [7, 11) is 0. The van der Waals surface area contributed by atoms with Crippen molar-refractivity contribution in [2.75, 3.05) is 5.88 Å². The largest absolute Gasteiger partial charge is 0.457 e.